The van der Waals surface area contributed by atoms with Crippen LogP contribution >= 0.6 is 0 Å². The molecule has 0 bridgehead atoms. The largest absolute Gasteiger partial charge is 0.298 e. The standard InChI is InChI=1S/C6H5NO/c8-5-6-2-1-3-7-4-6/h1-5H/i4D. The smallest absolute Gasteiger partial charge is 0.151 e. The number of hydrogen-bond acceptors (Lipinski definition) is 2. The molecule has 1 aromatic rings. The highest BCUT2D eigenvalue weighted by Gasteiger charge is 1.81. The minimum atomic E-state index is 0.0347. The number of nitrogens with zero attached hydrogens (tertiary/aromatic N) is 1. The molecule has 0 amide bonds. The zero-order valence-corrected chi connectivity index (χ0v) is 4.16. The van der Waals surface area contributed by atoms with Crippen molar-refractivity contribution in [1.82, 2.24) is 4.98 Å². The Kier molecular flexibility index (Phi) is 1.04. The third kappa shape index (κ3) is 0.904. The van der Waals surface area contributed by atoms with Gasteiger partial charge in [0, 0.05) is 17.9 Å². The molecule has 1 rings (SSSR count). The van der Waals surface area contributed by atoms with Crippen LogP contribution in [0.2, 0.25) is 0 Å². The molecule has 0 radical (unpaired) electrons. The molecule has 0 aliphatic rings. The van der Waals surface area contributed by atoms with Crippen molar-refractivity contribution in [3.8, 4) is 0 Å². The van der Waals surface area contributed by atoms with Gasteiger partial charge < -0.3 is 0 Å². The van der Waals surface area contributed by atoms with E-state index in [-0.39, 0.29) is 6.17 Å². The average molecular weight is 108 g/mol. The van der Waals surface area contributed by atoms with Gasteiger partial charge in [0.2, 0.25) is 0 Å². The maximum absolute atomic E-state index is 10.1. The van der Waals surface area contributed by atoms with Crippen LogP contribution in [0.25, 0.3) is 0 Å². The molecule has 40 valence electrons. The minimum Gasteiger partial charge on any atom is -0.298 e. The molecule has 0 unspecified atom stereocenters. The number of carbonyl (C=O) groups excluding carboxylic acids is 1. The van der Waals surface area contributed by atoms with E-state index in [1.165, 1.54) is 6.20 Å². The second kappa shape index (κ2) is 2.21. The van der Waals surface area contributed by atoms with Crippen molar-refractivity contribution < 1.29 is 6.17 Å². The number of carbonyl (C=O) groups is 1. The van der Waals surface area contributed by atoms with Gasteiger partial charge in [-0.25, -0.2) is 0 Å². The van der Waals surface area contributed by atoms with E-state index in [1.807, 2.05) is 0 Å². The highest BCUT2D eigenvalue weighted by molar-refractivity contribution is 5.73. The van der Waals surface area contributed by atoms with E-state index in [9.17, 15) is 4.79 Å². The Hall–Kier alpha value is -1.18. The summed E-state index contributed by atoms with van der Waals surface area (Å²) in [6, 6.07) is 3.18. The van der Waals surface area contributed by atoms with Crippen LogP contribution in [0.1, 0.15) is 11.7 Å². The summed E-state index contributed by atoms with van der Waals surface area (Å²) in [5.74, 6) is 0. The Labute approximate surface area is 48.6 Å². The summed E-state index contributed by atoms with van der Waals surface area (Å²) in [4.78, 5) is 13.7. The number of aldehydes is 1. The Bertz CT molecular complexity index is 224. The maximum Gasteiger partial charge on any atom is 0.151 e. The molecule has 0 aliphatic carbocycles. The van der Waals surface area contributed by atoms with E-state index < -0.39 is 0 Å². The lowest BCUT2D eigenvalue weighted by Gasteiger charge is -1.81. The van der Waals surface area contributed by atoms with Gasteiger partial charge in [-0.3, -0.25) is 9.78 Å². The van der Waals surface area contributed by atoms with Crippen LogP contribution < -0.4 is 0 Å². The van der Waals surface area contributed by atoms with Crippen LogP contribution in [-0.4, -0.2) is 11.3 Å². The zero-order chi connectivity index (χ0) is 6.69. The van der Waals surface area contributed by atoms with Crippen LogP contribution in [0, 0.1) is 0 Å². The van der Waals surface area contributed by atoms with E-state index in [1.54, 1.807) is 12.1 Å². The summed E-state index contributed by atoms with van der Waals surface area (Å²) in [6.07, 6.45) is 2.14. The van der Waals surface area contributed by atoms with E-state index in [0.29, 0.717) is 11.8 Å². The fourth-order valence-corrected chi connectivity index (χ4v) is 0.404. The maximum atomic E-state index is 10.1. The van der Waals surface area contributed by atoms with Crippen molar-refractivity contribution in [2.75, 3.05) is 0 Å². The topological polar surface area (TPSA) is 30.0 Å². The molecule has 8 heavy (non-hydrogen) atoms. The second-order valence-electron chi connectivity index (χ2n) is 1.32. The molecule has 1 heterocycles. The van der Waals surface area contributed by atoms with Crippen LogP contribution in [0.15, 0.2) is 24.5 Å². The monoisotopic (exact) mass is 108 g/mol. The normalized spacial score (nSPS) is 10.2. The lowest BCUT2D eigenvalue weighted by atomic mass is 10.3. The zero-order valence-electron chi connectivity index (χ0n) is 5.16. The van der Waals surface area contributed by atoms with Crippen molar-refractivity contribution in [3.05, 3.63) is 30.1 Å². The number of rotatable bonds is 1. The lowest BCUT2D eigenvalue weighted by molar-refractivity contribution is 0.112. The van der Waals surface area contributed by atoms with E-state index >= 15 is 0 Å². The molecule has 0 aliphatic heterocycles. The van der Waals surface area contributed by atoms with Crippen molar-refractivity contribution in [1.29, 1.82) is 0 Å². The molecule has 1 aromatic heterocycles. The SMILES string of the molecule is [2H]c1ncccc1C=O. The first-order valence-corrected chi connectivity index (χ1v) is 2.21. The summed E-state index contributed by atoms with van der Waals surface area (Å²) >= 11 is 0. The first-order chi connectivity index (χ1) is 4.34. The van der Waals surface area contributed by atoms with Crippen LogP contribution in [0.3, 0.4) is 0 Å². The predicted octanol–water partition coefficient (Wildman–Crippen LogP) is 0.894. The molecule has 0 spiro atoms. The fourth-order valence-electron chi connectivity index (χ4n) is 0.404. The molecular weight excluding hydrogens is 102 g/mol. The Balaban J connectivity index is 3.15. The molecule has 2 heteroatoms. The summed E-state index contributed by atoms with van der Waals surface area (Å²) in [7, 11) is 0. The van der Waals surface area contributed by atoms with E-state index in [0.717, 1.165) is 0 Å². The molecule has 0 saturated heterocycles. The lowest BCUT2D eigenvalue weighted by Crippen LogP contribution is -1.77. The van der Waals surface area contributed by atoms with E-state index in [4.69, 9.17) is 1.37 Å². The first-order valence-electron chi connectivity index (χ1n) is 2.71. The van der Waals surface area contributed by atoms with Gasteiger partial charge in [-0.2, -0.15) is 0 Å². The van der Waals surface area contributed by atoms with E-state index in [2.05, 4.69) is 4.98 Å². The van der Waals surface area contributed by atoms with Gasteiger partial charge in [0.15, 0.2) is 6.29 Å². The third-order valence-corrected chi connectivity index (χ3v) is 0.757. The predicted molar refractivity (Wildman–Crippen MR) is 29.6 cm³/mol. The molecule has 0 N–H and O–H groups in total. The van der Waals surface area contributed by atoms with Gasteiger partial charge in [-0.15, -0.1) is 0 Å². The fraction of sp³-hybridized carbons (Fsp3) is 0. The third-order valence-electron chi connectivity index (χ3n) is 0.757. The average Bonchev–Trinajstić information content (AvgIpc) is 1.89. The van der Waals surface area contributed by atoms with Crippen molar-refractivity contribution in [2.24, 2.45) is 0 Å². The summed E-state index contributed by atoms with van der Waals surface area (Å²) in [5.41, 5.74) is 0.331. The van der Waals surface area contributed by atoms with Gasteiger partial charge in [-0.05, 0) is 12.1 Å². The first kappa shape index (κ1) is 3.78. The molecule has 0 fully saturated rings. The number of pyridine rings is 1. The Morgan fingerprint density at radius 3 is 3.25 bits per heavy atom. The molecule has 0 aromatic carbocycles. The van der Waals surface area contributed by atoms with Crippen LogP contribution in [0.4, 0.5) is 0 Å². The summed E-state index contributed by atoms with van der Waals surface area (Å²) < 4.78 is 7.03. The molecule has 0 saturated carbocycles. The minimum absolute atomic E-state index is 0.0347. The highest BCUT2D eigenvalue weighted by Crippen LogP contribution is 1.87. The molecule has 2 nitrogen and oxygen atoms in total. The highest BCUT2D eigenvalue weighted by atomic mass is 16.1. The summed E-state index contributed by atoms with van der Waals surface area (Å²) in [5, 5.41) is 0. The van der Waals surface area contributed by atoms with Crippen LogP contribution in [0.5, 0.6) is 0 Å². The van der Waals surface area contributed by atoms with Gasteiger partial charge >= 0.3 is 0 Å². The van der Waals surface area contributed by atoms with Crippen LogP contribution in [-0.2, 0) is 0 Å². The van der Waals surface area contributed by atoms with Gasteiger partial charge in [0.25, 0.3) is 0 Å². The van der Waals surface area contributed by atoms with Gasteiger partial charge in [0.05, 0.1) is 1.37 Å². The molecule has 0 atom stereocenters. The quantitative estimate of drug-likeness (QED) is 0.500. The second-order valence-corrected chi connectivity index (χ2v) is 1.32. The number of aromatic nitrogens is 1. The molecular formula is C6H5NO. The van der Waals surface area contributed by atoms with Gasteiger partial charge in [-0.1, -0.05) is 0 Å². The Morgan fingerprint density at radius 2 is 2.75 bits per heavy atom. The van der Waals surface area contributed by atoms with Crippen molar-refractivity contribution in [2.45, 2.75) is 0 Å². The summed E-state index contributed by atoms with van der Waals surface area (Å²) in [6.45, 7) is 0. The number of hydrogen-bond donors (Lipinski definition) is 0. The van der Waals surface area contributed by atoms with Crippen molar-refractivity contribution >= 4 is 6.29 Å². The Morgan fingerprint density at radius 1 is 1.88 bits per heavy atom. The van der Waals surface area contributed by atoms with Crippen molar-refractivity contribution in [3.63, 3.8) is 0 Å². The van der Waals surface area contributed by atoms with Gasteiger partial charge in [0.1, 0.15) is 0 Å².